The number of benzene rings is 1. The molecule has 0 aliphatic rings. The van der Waals surface area contributed by atoms with E-state index in [1.807, 2.05) is 0 Å². The molecule has 0 radical (unpaired) electrons. The van der Waals surface area contributed by atoms with E-state index in [-0.39, 0.29) is 12.4 Å². The maximum absolute atomic E-state index is 11.6. The van der Waals surface area contributed by atoms with Gasteiger partial charge in [0.05, 0.1) is 12.7 Å². The Balaban J connectivity index is 3.40. The van der Waals surface area contributed by atoms with Crippen LogP contribution in [-0.2, 0) is 15.6 Å². The minimum atomic E-state index is -0.483. The van der Waals surface area contributed by atoms with Gasteiger partial charge in [-0.1, -0.05) is 38.5 Å². The van der Waals surface area contributed by atoms with Gasteiger partial charge < -0.3 is 14.9 Å². The highest BCUT2D eigenvalue weighted by molar-refractivity contribution is 14.1. The molecular weight excluding hydrogens is 403 g/mol. The van der Waals surface area contributed by atoms with Crippen LogP contribution in [0, 0.1) is 0 Å². The molecule has 17 heavy (non-hydrogen) atoms. The molecule has 0 bridgehead atoms. The molecule has 0 aromatic heterocycles. The molecule has 4 nitrogen and oxygen atoms in total. The molecule has 0 atom stereocenters. The second-order valence-electron chi connectivity index (χ2n) is 3.31. The summed E-state index contributed by atoms with van der Waals surface area (Å²) in [6.07, 6.45) is 0.331. The standard InChI is InChI=1S/C11H12BrIO4/c1-17-11(16)7-4-9(12)6(2-3-14)10(15)8(7)5-13/h4,14-15H,2-3,5H2,1H3. The molecule has 0 heterocycles. The van der Waals surface area contributed by atoms with Crippen LogP contribution in [0.3, 0.4) is 0 Å². The normalized spacial score (nSPS) is 10.4. The fourth-order valence-electron chi connectivity index (χ4n) is 1.50. The summed E-state index contributed by atoms with van der Waals surface area (Å²) in [5, 5.41) is 19.0. The highest BCUT2D eigenvalue weighted by Gasteiger charge is 2.20. The van der Waals surface area contributed by atoms with Gasteiger partial charge in [-0.15, -0.1) is 0 Å². The Morgan fingerprint density at radius 2 is 2.18 bits per heavy atom. The van der Waals surface area contributed by atoms with Crippen LogP contribution in [0.1, 0.15) is 21.5 Å². The van der Waals surface area contributed by atoms with Gasteiger partial charge in [-0.2, -0.15) is 0 Å². The lowest BCUT2D eigenvalue weighted by Gasteiger charge is -2.13. The third-order valence-corrected chi connectivity index (χ3v) is 3.83. The number of alkyl halides is 1. The van der Waals surface area contributed by atoms with Crippen molar-refractivity contribution in [3.8, 4) is 5.75 Å². The topological polar surface area (TPSA) is 66.8 Å². The van der Waals surface area contributed by atoms with E-state index in [0.29, 0.717) is 32.0 Å². The predicted octanol–water partition coefficient (Wildman–Crippen LogP) is 2.41. The molecule has 94 valence electrons. The van der Waals surface area contributed by atoms with E-state index >= 15 is 0 Å². The van der Waals surface area contributed by atoms with Crippen LogP contribution >= 0.6 is 38.5 Å². The summed E-state index contributed by atoms with van der Waals surface area (Å²) in [6, 6.07) is 1.62. The fourth-order valence-corrected chi connectivity index (χ4v) is 2.89. The van der Waals surface area contributed by atoms with Crippen LogP contribution in [-0.4, -0.2) is 29.9 Å². The van der Waals surface area contributed by atoms with Gasteiger partial charge >= 0.3 is 5.97 Å². The summed E-state index contributed by atoms with van der Waals surface area (Å²) in [6.45, 7) is -0.0651. The number of ether oxygens (including phenoxy) is 1. The lowest BCUT2D eigenvalue weighted by molar-refractivity contribution is 0.0599. The monoisotopic (exact) mass is 414 g/mol. The van der Waals surface area contributed by atoms with Crippen molar-refractivity contribution >= 4 is 44.5 Å². The second-order valence-corrected chi connectivity index (χ2v) is 4.93. The van der Waals surface area contributed by atoms with Crippen molar-refractivity contribution in [1.29, 1.82) is 0 Å². The molecule has 6 heteroatoms. The fraction of sp³-hybridized carbons (Fsp3) is 0.364. The number of aliphatic hydroxyl groups is 1. The maximum atomic E-state index is 11.6. The van der Waals surface area contributed by atoms with E-state index in [1.165, 1.54) is 7.11 Å². The molecule has 0 spiro atoms. The zero-order chi connectivity index (χ0) is 13.0. The van der Waals surface area contributed by atoms with Gasteiger partial charge in [-0.25, -0.2) is 4.79 Å². The van der Waals surface area contributed by atoms with Crippen molar-refractivity contribution < 1.29 is 19.7 Å². The number of carbonyl (C=O) groups excluding carboxylic acids is 1. The quantitative estimate of drug-likeness (QED) is 0.451. The Morgan fingerprint density at radius 3 is 2.65 bits per heavy atom. The van der Waals surface area contributed by atoms with Crippen LogP contribution < -0.4 is 0 Å². The number of rotatable bonds is 4. The Hall–Kier alpha value is -0.340. The van der Waals surface area contributed by atoms with E-state index < -0.39 is 5.97 Å². The third kappa shape index (κ3) is 3.11. The van der Waals surface area contributed by atoms with Crippen molar-refractivity contribution in [1.82, 2.24) is 0 Å². The van der Waals surface area contributed by atoms with E-state index in [1.54, 1.807) is 6.07 Å². The largest absolute Gasteiger partial charge is 0.507 e. The van der Waals surface area contributed by atoms with Crippen LogP contribution in [0.5, 0.6) is 5.75 Å². The minimum absolute atomic E-state index is 0.0447. The number of halogens is 2. The van der Waals surface area contributed by atoms with Gasteiger partial charge in [0.2, 0.25) is 0 Å². The van der Waals surface area contributed by atoms with Gasteiger partial charge in [-0.3, -0.25) is 0 Å². The molecule has 1 aromatic rings. The average molecular weight is 415 g/mol. The average Bonchev–Trinajstić information content (AvgIpc) is 2.32. The summed E-state index contributed by atoms with van der Waals surface area (Å²) >= 11 is 5.34. The minimum Gasteiger partial charge on any atom is -0.507 e. The van der Waals surface area contributed by atoms with Gasteiger partial charge in [0, 0.05) is 33.1 Å². The van der Waals surface area contributed by atoms with Crippen LogP contribution in [0.25, 0.3) is 0 Å². The zero-order valence-electron chi connectivity index (χ0n) is 9.17. The number of esters is 1. The molecule has 1 aromatic carbocycles. The maximum Gasteiger partial charge on any atom is 0.338 e. The first-order valence-electron chi connectivity index (χ1n) is 4.85. The number of aromatic hydroxyl groups is 1. The molecular formula is C11H12BrIO4. The van der Waals surface area contributed by atoms with Crippen molar-refractivity contribution in [2.75, 3.05) is 13.7 Å². The highest BCUT2D eigenvalue weighted by atomic mass is 127. The van der Waals surface area contributed by atoms with E-state index in [9.17, 15) is 9.90 Å². The van der Waals surface area contributed by atoms with Crippen molar-refractivity contribution in [2.24, 2.45) is 0 Å². The summed E-state index contributed by atoms with van der Waals surface area (Å²) in [4.78, 5) is 11.6. The first-order chi connectivity index (χ1) is 8.06. The third-order valence-electron chi connectivity index (χ3n) is 2.36. The Labute approximate surface area is 121 Å². The number of methoxy groups -OCH3 is 1. The second kappa shape index (κ2) is 6.55. The Morgan fingerprint density at radius 1 is 1.53 bits per heavy atom. The first-order valence-corrected chi connectivity index (χ1v) is 7.17. The van der Waals surface area contributed by atoms with Crippen LogP contribution in [0.2, 0.25) is 0 Å². The summed E-state index contributed by atoms with van der Waals surface area (Å²) in [5.41, 5.74) is 1.48. The lowest BCUT2D eigenvalue weighted by atomic mass is 10.0. The van der Waals surface area contributed by atoms with E-state index in [0.717, 1.165) is 0 Å². The van der Waals surface area contributed by atoms with Crippen molar-refractivity contribution in [3.63, 3.8) is 0 Å². The first kappa shape index (κ1) is 14.7. The molecule has 0 saturated heterocycles. The molecule has 0 amide bonds. The Kier molecular flexibility index (Phi) is 5.68. The SMILES string of the molecule is COC(=O)c1cc(Br)c(CCO)c(O)c1CI. The summed E-state index contributed by atoms with van der Waals surface area (Å²) in [7, 11) is 1.30. The number of aliphatic hydroxyl groups excluding tert-OH is 1. The molecule has 0 saturated carbocycles. The zero-order valence-corrected chi connectivity index (χ0v) is 12.9. The smallest absolute Gasteiger partial charge is 0.338 e. The van der Waals surface area contributed by atoms with Gasteiger partial charge in [0.25, 0.3) is 0 Å². The molecule has 0 fully saturated rings. The highest BCUT2D eigenvalue weighted by Crippen LogP contribution is 2.35. The van der Waals surface area contributed by atoms with E-state index in [2.05, 4.69) is 43.3 Å². The number of hydrogen-bond donors (Lipinski definition) is 2. The molecule has 0 aliphatic carbocycles. The number of phenolic OH excluding ortho intramolecular Hbond substituents is 1. The number of hydrogen-bond acceptors (Lipinski definition) is 4. The van der Waals surface area contributed by atoms with Crippen molar-refractivity contribution in [3.05, 3.63) is 27.2 Å². The van der Waals surface area contributed by atoms with Crippen LogP contribution in [0.4, 0.5) is 0 Å². The van der Waals surface area contributed by atoms with Crippen molar-refractivity contribution in [2.45, 2.75) is 10.8 Å². The Bertz CT molecular complexity index is 434. The molecule has 1 rings (SSSR count). The van der Waals surface area contributed by atoms with Crippen LogP contribution in [0.15, 0.2) is 10.5 Å². The molecule has 0 aliphatic heterocycles. The van der Waals surface area contributed by atoms with Gasteiger partial charge in [0.15, 0.2) is 0 Å². The number of phenols is 1. The predicted molar refractivity (Wildman–Crippen MR) is 75.7 cm³/mol. The van der Waals surface area contributed by atoms with Gasteiger partial charge in [-0.05, 0) is 6.07 Å². The molecule has 0 unspecified atom stereocenters. The number of carbonyl (C=O) groups is 1. The summed E-state index contributed by atoms with van der Waals surface area (Å²) < 4.78 is 5.75. The van der Waals surface area contributed by atoms with E-state index in [4.69, 9.17) is 5.11 Å². The molecule has 2 N–H and O–H groups in total. The lowest BCUT2D eigenvalue weighted by Crippen LogP contribution is -2.07. The summed E-state index contributed by atoms with van der Waals surface area (Å²) in [5.74, 6) is -0.438. The van der Waals surface area contributed by atoms with Gasteiger partial charge in [0.1, 0.15) is 5.75 Å².